The van der Waals surface area contributed by atoms with Crippen molar-refractivity contribution in [3.8, 4) is 5.75 Å². The van der Waals surface area contributed by atoms with Gasteiger partial charge in [0.1, 0.15) is 23.2 Å². The summed E-state index contributed by atoms with van der Waals surface area (Å²) in [7, 11) is -2.59. The van der Waals surface area contributed by atoms with Crippen LogP contribution in [0.15, 0.2) is 32.1 Å². The number of likely N-dealkylation sites (N-methyl/N-ethyl adjacent to an activating group) is 1. The van der Waals surface area contributed by atoms with Crippen LogP contribution in [0.5, 0.6) is 5.75 Å². The van der Waals surface area contributed by atoms with Gasteiger partial charge in [-0.15, -0.1) is 0 Å². The highest BCUT2D eigenvalue weighted by Crippen LogP contribution is 2.36. The monoisotopic (exact) mass is 604 g/mol. The van der Waals surface area contributed by atoms with E-state index in [0.29, 0.717) is 17.1 Å². The highest BCUT2D eigenvalue weighted by Gasteiger charge is 2.36. The number of fused-ring (bicyclic) bond motifs is 1. The van der Waals surface area contributed by atoms with Crippen molar-refractivity contribution in [2.45, 2.75) is 58.6 Å². The van der Waals surface area contributed by atoms with Gasteiger partial charge in [-0.05, 0) is 46.8 Å². The van der Waals surface area contributed by atoms with Crippen molar-refractivity contribution in [2.24, 2.45) is 5.92 Å². The van der Waals surface area contributed by atoms with Gasteiger partial charge in [-0.2, -0.15) is 0 Å². The van der Waals surface area contributed by atoms with Crippen molar-refractivity contribution >= 4 is 33.3 Å². The van der Waals surface area contributed by atoms with E-state index in [9.17, 15) is 23.1 Å². The number of aliphatic hydroxyl groups is 1. The highest BCUT2D eigenvalue weighted by atomic mass is 32.2. The van der Waals surface area contributed by atoms with Crippen LogP contribution < -0.4 is 14.8 Å². The Morgan fingerprint density at radius 3 is 2.43 bits per heavy atom. The molecule has 0 saturated heterocycles. The summed E-state index contributed by atoms with van der Waals surface area (Å²) in [5, 5.41) is 20.3. The lowest BCUT2D eigenvalue weighted by atomic mass is 9.99. The van der Waals surface area contributed by atoms with Crippen molar-refractivity contribution in [1.29, 1.82) is 0 Å². The van der Waals surface area contributed by atoms with Crippen LogP contribution in [-0.4, -0.2) is 84.5 Å². The number of anilines is 2. The van der Waals surface area contributed by atoms with E-state index >= 15 is 0 Å². The second-order valence-corrected chi connectivity index (χ2v) is 12.2. The summed E-state index contributed by atoms with van der Waals surface area (Å²) in [6, 6.07) is 3.58. The number of aromatic nitrogens is 2. The van der Waals surface area contributed by atoms with Crippen molar-refractivity contribution in [3.05, 3.63) is 46.7 Å². The maximum atomic E-state index is 13.7. The molecule has 228 valence electrons. The average Bonchev–Trinajstić information content (AvgIpc) is 3.45. The lowest BCUT2D eigenvalue weighted by Crippen LogP contribution is -2.50. The number of urea groups is 1. The Balaban J connectivity index is 1.71. The summed E-state index contributed by atoms with van der Waals surface area (Å²) in [6.07, 6.45) is -0.685. The number of carbonyl (C=O) groups is 2. The van der Waals surface area contributed by atoms with Crippen LogP contribution in [-0.2, 0) is 10.0 Å². The number of aryl methyl sites for hydroxylation is 4. The number of nitrogens with zero attached hydrogens (tertiary/aromatic N) is 4. The zero-order valence-corrected chi connectivity index (χ0v) is 25.4. The summed E-state index contributed by atoms with van der Waals surface area (Å²) in [5.41, 5.74) is 1.30. The van der Waals surface area contributed by atoms with Gasteiger partial charge in [-0.3, -0.25) is 9.52 Å². The molecule has 42 heavy (non-hydrogen) atoms. The maximum absolute atomic E-state index is 13.7. The third-order valence-corrected chi connectivity index (χ3v) is 8.85. The summed E-state index contributed by atoms with van der Waals surface area (Å²) in [5.74, 6) is -0.196. The third kappa shape index (κ3) is 6.06. The predicted molar refractivity (Wildman–Crippen MR) is 152 cm³/mol. The number of nitrogens with one attached hydrogen (secondary N) is 2. The van der Waals surface area contributed by atoms with Gasteiger partial charge in [0.2, 0.25) is 0 Å². The predicted octanol–water partition coefficient (Wildman–Crippen LogP) is 3.08. The third-order valence-electron chi connectivity index (χ3n) is 7.24. The van der Waals surface area contributed by atoms with Crippen LogP contribution in [0.2, 0.25) is 0 Å². The first kappa shape index (κ1) is 30.8. The van der Waals surface area contributed by atoms with E-state index in [4.69, 9.17) is 13.8 Å². The maximum Gasteiger partial charge on any atom is 0.321 e. The number of amides is 3. The van der Waals surface area contributed by atoms with Crippen LogP contribution >= 0.6 is 0 Å². The van der Waals surface area contributed by atoms with Crippen LogP contribution in [0, 0.1) is 33.6 Å². The molecule has 0 fully saturated rings. The molecule has 14 nitrogen and oxygen atoms in total. The van der Waals surface area contributed by atoms with E-state index in [-0.39, 0.29) is 59.0 Å². The highest BCUT2D eigenvalue weighted by molar-refractivity contribution is 7.92. The molecule has 3 N–H and O–H groups in total. The quantitative estimate of drug-likeness (QED) is 0.346. The van der Waals surface area contributed by atoms with Gasteiger partial charge in [-0.25, -0.2) is 13.2 Å². The zero-order valence-electron chi connectivity index (χ0n) is 24.6. The Bertz CT molecular complexity index is 1540. The van der Waals surface area contributed by atoms with Gasteiger partial charge >= 0.3 is 6.03 Å². The molecule has 0 unspecified atom stereocenters. The number of para-hydroxylation sites is 1. The SMILES string of the molecule is Cc1noc(C)c1NC(=O)N(C)C[C@@H]1Oc2c(NS(=O)(=O)c3c(C)noc3C)cccc2C(=O)N([C@H](C)CO)C[C@@H]1C. The van der Waals surface area contributed by atoms with Gasteiger partial charge in [0.05, 0.1) is 30.4 Å². The molecule has 3 amide bonds. The molecular formula is C27H36N6O8S. The van der Waals surface area contributed by atoms with Crippen LogP contribution in [0.25, 0.3) is 0 Å². The van der Waals surface area contributed by atoms with E-state index < -0.39 is 34.1 Å². The van der Waals surface area contributed by atoms with Gasteiger partial charge in [-0.1, -0.05) is 23.3 Å². The molecule has 1 aromatic carbocycles. The molecule has 1 aliphatic rings. The van der Waals surface area contributed by atoms with Gasteiger partial charge in [0, 0.05) is 19.5 Å². The number of hydrogen-bond donors (Lipinski definition) is 3. The molecular weight excluding hydrogens is 568 g/mol. The molecule has 3 heterocycles. The number of ether oxygens (including phenoxy) is 1. The van der Waals surface area contributed by atoms with Crippen molar-refractivity contribution in [1.82, 2.24) is 20.1 Å². The van der Waals surface area contributed by atoms with E-state index in [0.717, 1.165) is 0 Å². The Kier molecular flexibility index (Phi) is 8.82. The molecule has 3 atom stereocenters. The largest absolute Gasteiger partial charge is 0.485 e. The standard InChI is InChI=1S/C27H36N6O8S/c1-14-11-33(15(2)13-34)26(35)20-9-8-10-21(31-42(37,38)25-17(4)30-41-19(25)6)24(20)39-22(14)12-32(7)27(36)28-23-16(3)29-40-18(23)5/h8-10,14-15,22,31,34H,11-13H2,1-7H3,(H,28,36)/t14-,15+,22-/m0/s1. The van der Waals surface area contributed by atoms with Crippen molar-refractivity contribution < 1.29 is 36.9 Å². The van der Waals surface area contributed by atoms with E-state index in [1.807, 2.05) is 6.92 Å². The molecule has 1 aliphatic heterocycles. The molecule has 0 saturated carbocycles. The number of benzene rings is 1. The lowest BCUT2D eigenvalue weighted by Gasteiger charge is -2.38. The first-order chi connectivity index (χ1) is 19.7. The first-order valence-electron chi connectivity index (χ1n) is 13.4. The molecule has 3 aromatic rings. The Labute approximate surface area is 244 Å². The van der Waals surface area contributed by atoms with Crippen LogP contribution in [0.3, 0.4) is 0 Å². The Morgan fingerprint density at radius 2 is 1.83 bits per heavy atom. The Morgan fingerprint density at radius 1 is 1.17 bits per heavy atom. The number of hydrogen-bond acceptors (Lipinski definition) is 10. The molecule has 0 aliphatic carbocycles. The minimum absolute atomic E-state index is 0.00376. The minimum atomic E-state index is -4.18. The van der Waals surface area contributed by atoms with Gasteiger partial charge < -0.3 is 34.0 Å². The normalized spacial score (nSPS) is 18.0. The van der Waals surface area contributed by atoms with Gasteiger partial charge in [0.15, 0.2) is 22.2 Å². The topological polar surface area (TPSA) is 180 Å². The van der Waals surface area contributed by atoms with Gasteiger partial charge in [0.25, 0.3) is 15.9 Å². The summed E-state index contributed by atoms with van der Waals surface area (Å²) in [4.78, 5) is 29.6. The summed E-state index contributed by atoms with van der Waals surface area (Å²) < 4.78 is 45.9. The van der Waals surface area contributed by atoms with Crippen molar-refractivity contribution in [2.75, 3.05) is 36.8 Å². The fourth-order valence-corrected chi connectivity index (χ4v) is 6.21. The molecule has 0 spiro atoms. The van der Waals surface area contributed by atoms with Crippen molar-refractivity contribution in [3.63, 3.8) is 0 Å². The second-order valence-electron chi connectivity index (χ2n) is 10.6. The smallest absolute Gasteiger partial charge is 0.321 e. The number of carbonyl (C=O) groups excluding carboxylic acids is 2. The fraction of sp³-hybridized carbons (Fsp3) is 0.481. The zero-order chi connectivity index (χ0) is 30.9. The number of aliphatic hydroxyl groups excluding tert-OH is 1. The fourth-order valence-electron chi connectivity index (χ4n) is 4.81. The summed E-state index contributed by atoms with van der Waals surface area (Å²) >= 11 is 0. The Hall–Kier alpha value is -4.11. The van der Waals surface area contributed by atoms with Crippen LogP contribution in [0.4, 0.5) is 16.2 Å². The number of sulfonamides is 1. The lowest BCUT2D eigenvalue weighted by molar-refractivity contribution is 0.0373. The van der Waals surface area contributed by atoms with E-state index in [1.165, 1.54) is 41.8 Å². The first-order valence-corrected chi connectivity index (χ1v) is 14.9. The van der Waals surface area contributed by atoms with E-state index in [2.05, 4.69) is 20.4 Å². The average molecular weight is 605 g/mol. The molecule has 2 aromatic heterocycles. The molecule has 0 bridgehead atoms. The molecule has 15 heteroatoms. The number of rotatable bonds is 8. The summed E-state index contributed by atoms with van der Waals surface area (Å²) in [6.45, 7) is 9.99. The second kappa shape index (κ2) is 12.0. The molecule has 4 rings (SSSR count). The minimum Gasteiger partial charge on any atom is -0.485 e. The molecule has 0 radical (unpaired) electrons. The van der Waals surface area contributed by atoms with Crippen LogP contribution in [0.1, 0.15) is 47.1 Å². The van der Waals surface area contributed by atoms with E-state index in [1.54, 1.807) is 27.8 Å².